The fourth-order valence-corrected chi connectivity index (χ4v) is 2.12. The fraction of sp³-hybridized carbons (Fsp3) is 0.571. The highest BCUT2D eigenvalue weighted by Gasteiger charge is 2.33. The number of nitrogens with one attached hydrogen (secondary N) is 1. The van der Waals surface area contributed by atoms with Crippen LogP contribution in [0.2, 0.25) is 0 Å². The van der Waals surface area contributed by atoms with Crippen LogP contribution in [0, 0.1) is 0 Å². The van der Waals surface area contributed by atoms with Gasteiger partial charge in [0, 0.05) is 31.0 Å². The Labute approximate surface area is 107 Å². The Balaban J connectivity index is 1.58. The van der Waals surface area contributed by atoms with Crippen LogP contribution < -0.4 is 5.32 Å². The van der Waals surface area contributed by atoms with Crippen molar-refractivity contribution in [2.24, 2.45) is 0 Å². The van der Waals surface area contributed by atoms with Crippen LogP contribution in [0.25, 0.3) is 0 Å². The summed E-state index contributed by atoms with van der Waals surface area (Å²) >= 11 is 0. The lowest BCUT2D eigenvalue weighted by molar-refractivity contribution is -0.131. The normalized spacial score (nSPS) is 18.7. The molecule has 0 aliphatic heterocycles. The number of aromatic nitrogens is 1. The van der Waals surface area contributed by atoms with Gasteiger partial charge in [0.2, 0.25) is 5.91 Å². The average molecular weight is 245 g/mol. The molecule has 2 aliphatic carbocycles. The smallest absolute Gasteiger partial charge is 0.237 e. The number of hydrogen-bond acceptors (Lipinski definition) is 3. The molecular weight excluding hydrogens is 226 g/mol. The lowest BCUT2D eigenvalue weighted by atomic mass is 10.2. The second kappa shape index (κ2) is 5.06. The first-order valence-electron chi connectivity index (χ1n) is 6.74. The summed E-state index contributed by atoms with van der Waals surface area (Å²) in [6.45, 7) is 1.19. The van der Waals surface area contributed by atoms with Gasteiger partial charge in [0.15, 0.2) is 0 Å². The summed E-state index contributed by atoms with van der Waals surface area (Å²) in [7, 11) is 0. The summed E-state index contributed by atoms with van der Waals surface area (Å²) < 4.78 is 0. The number of hydrogen-bond donors (Lipinski definition) is 1. The summed E-state index contributed by atoms with van der Waals surface area (Å²) in [4.78, 5) is 18.3. The summed E-state index contributed by atoms with van der Waals surface area (Å²) in [5.41, 5.74) is 1.11. The Kier molecular flexibility index (Phi) is 3.28. The second-order valence-electron chi connectivity index (χ2n) is 5.27. The van der Waals surface area contributed by atoms with E-state index in [1.54, 1.807) is 6.20 Å². The topological polar surface area (TPSA) is 45.2 Å². The second-order valence-corrected chi connectivity index (χ2v) is 5.27. The maximum Gasteiger partial charge on any atom is 0.237 e. The Morgan fingerprint density at radius 2 is 2.22 bits per heavy atom. The van der Waals surface area contributed by atoms with E-state index >= 15 is 0 Å². The predicted octanol–water partition coefficient (Wildman–Crippen LogP) is 1.32. The number of carbonyl (C=O) groups excluding carboxylic acids is 1. The SMILES string of the molecule is O=C(CNC1CC1)N(Cc1cccnc1)C1CC1. The van der Waals surface area contributed by atoms with Gasteiger partial charge < -0.3 is 10.2 Å². The Morgan fingerprint density at radius 1 is 1.39 bits per heavy atom. The highest BCUT2D eigenvalue weighted by atomic mass is 16.2. The van der Waals surface area contributed by atoms with Crippen LogP contribution in [-0.2, 0) is 11.3 Å². The van der Waals surface area contributed by atoms with Gasteiger partial charge in [-0.15, -0.1) is 0 Å². The van der Waals surface area contributed by atoms with E-state index in [-0.39, 0.29) is 5.91 Å². The Morgan fingerprint density at radius 3 is 2.83 bits per heavy atom. The molecule has 1 amide bonds. The van der Waals surface area contributed by atoms with E-state index in [9.17, 15) is 4.79 Å². The summed E-state index contributed by atoms with van der Waals surface area (Å²) in [5.74, 6) is 0.230. The van der Waals surface area contributed by atoms with Crippen LogP contribution in [0.4, 0.5) is 0 Å². The van der Waals surface area contributed by atoms with Crippen molar-refractivity contribution < 1.29 is 4.79 Å². The molecule has 1 aromatic rings. The van der Waals surface area contributed by atoms with Crippen LogP contribution >= 0.6 is 0 Å². The van der Waals surface area contributed by atoms with Crippen molar-refractivity contribution in [3.63, 3.8) is 0 Å². The van der Waals surface area contributed by atoms with Gasteiger partial charge in [0.25, 0.3) is 0 Å². The van der Waals surface area contributed by atoms with Crippen LogP contribution in [0.3, 0.4) is 0 Å². The van der Waals surface area contributed by atoms with Crippen molar-refractivity contribution in [3.8, 4) is 0 Å². The van der Waals surface area contributed by atoms with Crippen LogP contribution in [0.15, 0.2) is 24.5 Å². The zero-order chi connectivity index (χ0) is 12.4. The minimum absolute atomic E-state index is 0.230. The molecule has 1 heterocycles. The molecule has 2 aliphatic rings. The van der Waals surface area contributed by atoms with Crippen molar-refractivity contribution in [2.75, 3.05) is 6.54 Å². The van der Waals surface area contributed by atoms with E-state index < -0.39 is 0 Å². The van der Waals surface area contributed by atoms with E-state index in [0.717, 1.165) is 18.4 Å². The third-order valence-electron chi connectivity index (χ3n) is 3.50. The van der Waals surface area contributed by atoms with Gasteiger partial charge in [-0.1, -0.05) is 6.07 Å². The molecule has 0 bridgehead atoms. The van der Waals surface area contributed by atoms with Gasteiger partial charge in [-0.05, 0) is 37.3 Å². The van der Waals surface area contributed by atoms with Crippen LogP contribution in [0.5, 0.6) is 0 Å². The maximum absolute atomic E-state index is 12.2. The molecule has 0 atom stereocenters. The number of pyridine rings is 1. The molecule has 96 valence electrons. The highest BCUT2D eigenvalue weighted by Crippen LogP contribution is 2.28. The third-order valence-corrected chi connectivity index (χ3v) is 3.50. The molecule has 2 saturated carbocycles. The third kappa shape index (κ3) is 3.07. The summed E-state index contributed by atoms with van der Waals surface area (Å²) in [6.07, 6.45) is 8.35. The fourth-order valence-electron chi connectivity index (χ4n) is 2.12. The molecule has 0 unspecified atom stereocenters. The molecule has 0 spiro atoms. The van der Waals surface area contributed by atoms with Crippen molar-refractivity contribution in [1.82, 2.24) is 15.2 Å². The number of carbonyl (C=O) groups is 1. The lowest BCUT2D eigenvalue weighted by Crippen LogP contribution is -2.39. The number of rotatable bonds is 6. The Hall–Kier alpha value is -1.42. The highest BCUT2D eigenvalue weighted by molar-refractivity contribution is 5.79. The predicted molar refractivity (Wildman–Crippen MR) is 68.8 cm³/mol. The standard InChI is InChI=1S/C14H19N3O/c18-14(9-16-12-3-4-12)17(13-5-6-13)10-11-2-1-7-15-8-11/h1-2,7-8,12-13,16H,3-6,9-10H2. The quantitative estimate of drug-likeness (QED) is 0.822. The van der Waals surface area contributed by atoms with Gasteiger partial charge in [0.1, 0.15) is 0 Å². The molecule has 0 radical (unpaired) electrons. The first-order valence-corrected chi connectivity index (χ1v) is 6.74. The average Bonchev–Trinajstić information content (AvgIpc) is 3.28. The number of amides is 1. The van der Waals surface area contributed by atoms with E-state index in [0.29, 0.717) is 25.2 Å². The zero-order valence-electron chi connectivity index (χ0n) is 10.5. The maximum atomic E-state index is 12.2. The molecule has 3 rings (SSSR count). The van der Waals surface area contributed by atoms with Crippen molar-refractivity contribution in [1.29, 1.82) is 0 Å². The molecule has 2 fully saturated rings. The van der Waals surface area contributed by atoms with Gasteiger partial charge >= 0.3 is 0 Å². The van der Waals surface area contributed by atoms with Gasteiger partial charge in [-0.2, -0.15) is 0 Å². The minimum atomic E-state index is 0.230. The van der Waals surface area contributed by atoms with Crippen LogP contribution in [-0.4, -0.2) is 34.4 Å². The molecular formula is C14H19N3O. The Bertz CT molecular complexity index is 412. The minimum Gasteiger partial charge on any atom is -0.334 e. The van der Waals surface area contributed by atoms with Crippen molar-refractivity contribution >= 4 is 5.91 Å². The molecule has 1 aromatic heterocycles. The van der Waals surface area contributed by atoms with Crippen molar-refractivity contribution in [2.45, 2.75) is 44.3 Å². The van der Waals surface area contributed by atoms with E-state index in [1.807, 2.05) is 23.2 Å². The van der Waals surface area contributed by atoms with Crippen LogP contribution in [0.1, 0.15) is 31.2 Å². The van der Waals surface area contributed by atoms with E-state index in [4.69, 9.17) is 0 Å². The molecule has 0 saturated heterocycles. The lowest BCUT2D eigenvalue weighted by Gasteiger charge is -2.22. The summed E-state index contributed by atoms with van der Waals surface area (Å²) in [5, 5.41) is 3.30. The van der Waals surface area contributed by atoms with Crippen molar-refractivity contribution in [3.05, 3.63) is 30.1 Å². The van der Waals surface area contributed by atoms with Gasteiger partial charge in [0.05, 0.1) is 6.54 Å². The summed E-state index contributed by atoms with van der Waals surface area (Å²) in [6, 6.07) is 5.00. The molecule has 4 heteroatoms. The van der Waals surface area contributed by atoms with E-state index in [1.165, 1.54) is 12.8 Å². The first kappa shape index (κ1) is 11.7. The zero-order valence-corrected chi connectivity index (χ0v) is 10.5. The molecule has 4 nitrogen and oxygen atoms in total. The first-order chi connectivity index (χ1) is 8.83. The van der Waals surface area contributed by atoms with Gasteiger partial charge in [-0.25, -0.2) is 0 Å². The molecule has 18 heavy (non-hydrogen) atoms. The monoisotopic (exact) mass is 245 g/mol. The number of nitrogens with zero attached hydrogens (tertiary/aromatic N) is 2. The molecule has 0 aromatic carbocycles. The molecule has 1 N–H and O–H groups in total. The van der Waals surface area contributed by atoms with E-state index in [2.05, 4.69) is 10.3 Å². The largest absolute Gasteiger partial charge is 0.334 e. The van der Waals surface area contributed by atoms with Gasteiger partial charge in [-0.3, -0.25) is 9.78 Å².